The zero-order valence-electron chi connectivity index (χ0n) is 5.81. The normalized spacial score (nSPS) is 9.00. The fraction of sp³-hybridized carbons (Fsp3) is 0.833. The van der Waals surface area contributed by atoms with E-state index in [0.29, 0.717) is 13.1 Å². The van der Waals surface area contributed by atoms with Crippen LogP contribution >= 0.6 is 0 Å². The van der Waals surface area contributed by atoms with Gasteiger partial charge in [0.05, 0.1) is 6.67 Å². The summed E-state index contributed by atoms with van der Waals surface area (Å²) in [6, 6.07) is 0. The van der Waals surface area contributed by atoms with Crippen molar-refractivity contribution >= 4 is 6.41 Å². The van der Waals surface area contributed by atoms with Gasteiger partial charge in [0.1, 0.15) is 0 Å². The van der Waals surface area contributed by atoms with E-state index < -0.39 is 0 Å². The Kier molecular flexibility index (Phi) is 6.96. The summed E-state index contributed by atoms with van der Waals surface area (Å²) in [4.78, 5) is 9.69. The summed E-state index contributed by atoms with van der Waals surface area (Å²) in [6.07, 6.45) is 3.05. The second-order valence-electron chi connectivity index (χ2n) is 1.85. The van der Waals surface area contributed by atoms with E-state index in [-0.39, 0.29) is 0 Å². The molecule has 9 heavy (non-hydrogen) atoms. The number of carbonyl (C=O) groups excluding carboxylic acids is 1. The standard InChI is InChI=1S/C6H14N2O/c1-2-3-4-7-5-8-6-9/h6-7H,2-5H2,1H3,(H,8,9). The predicted octanol–water partition coefficient (Wildman–Crippen LogP) is 0.0796. The quantitative estimate of drug-likeness (QED) is 0.304. The summed E-state index contributed by atoms with van der Waals surface area (Å²) in [7, 11) is 0. The van der Waals surface area contributed by atoms with Crippen molar-refractivity contribution in [3.63, 3.8) is 0 Å². The molecule has 1 amide bonds. The highest BCUT2D eigenvalue weighted by molar-refractivity contribution is 5.45. The minimum atomic E-state index is 0.587. The molecule has 0 unspecified atom stereocenters. The first-order valence-electron chi connectivity index (χ1n) is 3.29. The van der Waals surface area contributed by atoms with Gasteiger partial charge >= 0.3 is 0 Å². The lowest BCUT2D eigenvalue weighted by Crippen LogP contribution is -2.28. The molecule has 0 rings (SSSR count). The first-order chi connectivity index (χ1) is 4.41. The average Bonchev–Trinajstić information content (AvgIpc) is 1.89. The lowest BCUT2D eigenvalue weighted by atomic mass is 10.3. The largest absolute Gasteiger partial charge is 0.346 e. The minimum Gasteiger partial charge on any atom is -0.346 e. The van der Waals surface area contributed by atoms with Gasteiger partial charge in [-0.1, -0.05) is 13.3 Å². The van der Waals surface area contributed by atoms with Gasteiger partial charge in [-0.2, -0.15) is 0 Å². The second kappa shape index (κ2) is 7.43. The highest BCUT2D eigenvalue weighted by Crippen LogP contribution is 1.80. The Morgan fingerprint density at radius 2 is 2.33 bits per heavy atom. The molecule has 54 valence electrons. The molecule has 3 heteroatoms. The molecule has 0 saturated carbocycles. The third-order valence-corrected chi connectivity index (χ3v) is 1.02. The summed E-state index contributed by atoms with van der Waals surface area (Å²) in [6.45, 7) is 3.70. The number of carbonyl (C=O) groups is 1. The fourth-order valence-electron chi connectivity index (χ4n) is 0.504. The van der Waals surface area contributed by atoms with Crippen LogP contribution in [-0.4, -0.2) is 19.6 Å². The molecule has 0 aromatic rings. The maximum atomic E-state index is 9.69. The van der Waals surface area contributed by atoms with E-state index in [2.05, 4.69) is 17.6 Å². The van der Waals surface area contributed by atoms with E-state index >= 15 is 0 Å². The zero-order valence-corrected chi connectivity index (χ0v) is 5.81. The van der Waals surface area contributed by atoms with Crippen LogP contribution in [0.25, 0.3) is 0 Å². The Morgan fingerprint density at radius 1 is 1.56 bits per heavy atom. The molecule has 0 radical (unpaired) electrons. The van der Waals surface area contributed by atoms with Gasteiger partial charge < -0.3 is 10.6 Å². The topological polar surface area (TPSA) is 41.1 Å². The van der Waals surface area contributed by atoms with Crippen molar-refractivity contribution in [3.05, 3.63) is 0 Å². The Labute approximate surface area is 55.8 Å². The molecule has 0 aliphatic rings. The van der Waals surface area contributed by atoms with Crippen LogP contribution in [0, 0.1) is 0 Å². The fourth-order valence-corrected chi connectivity index (χ4v) is 0.504. The number of hydrogen-bond acceptors (Lipinski definition) is 2. The van der Waals surface area contributed by atoms with Gasteiger partial charge in [-0.3, -0.25) is 4.79 Å². The molecular formula is C6H14N2O. The third kappa shape index (κ3) is 7.43. The summed E-state index contributed by atoms with van der Waals surface area (Å²) < 4.78 is 0. The van der Waals surface area contributed by atoms with Gasteiger partial charge in [-0.15, -0.1) is 0 Å². The molecule has 0 spiro atoms. The number of hydrogen-bond donors (Lipinski definition) is 2. The maximum Gasteiger partial charge on any atom is 0.208 e. The van der Waals surface area contributed by atoms with Crippen molar-refractivity contribution in [3.8, 4) is 0 Å². The molecule has 0 heterocycles. The molecule has 0 aromatic carbocycles. The molecule has 0 atom stereocenters. The monoisotopic (exact) mass is 130 g/mol. The van der Waals surface area contributed by atoms with Gasteiger partial charge in [0.25, 0.3) is 0 Å². The lowest BCUT2D eigenvalue weighted by Gasteiger charge is -1.99. The SMILES string of the molecule is CCCCNCNC=O. The van der Waals surface area contributed by atoms with Crippen LogP contribution in [0.15, 0.2) is 0 Å². The average molecular weight is 130 g/mol. The van der Waals surface area contributed by atoms with Crippen LogP contribution in [0.4, 0.5) is 0 Å². The van der Waals surface area contributed by atoms with Crippen LogP contribution in [0.3, 0.4) is 0 Å². The Morgan fingerprint density at radius 3 is 2.89 bits per heavy atom. The number of nitrogens with one attached hydrogen (secondary N) is 2. The Bertz CT molecular complexity index is 66.1. The van der Waals surface area contributed by atoms with Gasteiger partial charge in [0, 0.05) is 0 Å². The van der Waals surface area contributed by atoms with Gasteiger partial charge in [0.2, 0.25) is 6.41 Å². The molecule has 0 aromatic heterocycles. The van der Waals surface area contributed by atoms with Crippen molar-refractivity contribution in [1.29, 1.82) is 0 Å². The second-order valence-corrected chi connectivity index (χ2v) is 1.85. The highest BCUT2D eigenvalue weighted by atomic mass is 16.1. The third-order valence-electron chi connectivity index (χ3n) is 1.02. The summed E-state index contributed by atoms with van der Waals surface area (Å²) >= 11 is 0. The van der Waals surface area contributed by atoms with Crippen LogP contribution < -0.4 is 10.6 Å². The van der Waals surface area contributed by atoms with Crippen molar-refractivity contribution < 1.29 is 4.79 Å². The molecule has 2 N–H and O–H groups in total. The molecule has 0 aliphatic carbocycles. The maximum absolute atomic E-state index is 9.69. The molecule has 0 saturated heterocycles. The summed E-state index contributed by atoms with van der Waals surface area (Å²) in [5, 5.41) is 5.56. The lowest BCUT2D eigenvalue weighted by molar-refractivity contribution is -0.109. The smallest absolute Gasteiger partial charge is 0.208 e. The zero-order chi connectivity index (χ0) is 6.95. The van der Waals surface area contributed by atoms with E-state index in [1.54, 1.807) is 0 Å². The van der Waals surface area contributed by atoms with E-state index in [9.17, 15) is 4.79 Å². The van der Waals surface area contributed by atoms with Crippen molar-refractivity contribution in [1.82, 2.24) is 10.6 Å². The summed E-state index contributed by atoms with van der Waals surface area (Å²) in [5.41, 5.74) is 0. The van der Waals surface area contributed by atoms with E-state index in [4.69, 9.17) is 0 Å². The Balaban J connectivity index is 2.66. The number of amides is 1. The van der Waals surface area contributed by atoms with Crippen molar-refractivity contribution in [2.75, 3.05) is 13.2 Å². The van der Waals surface area contributed by atoms with E-state index in [1.165, 1.54) is 12.8 Å². The van der Waals surface area contributed by atoms with E-state index in [1.807, 2.05) is 0 Å². The molecular weight excluding hydrogens is 116 g/mol. The van der Waals surface area contributed by atoms with Crippen LogP contribution in [0.2, 0.25) is 0 Å². The van der Waals surface area contributed by atoms with Crippen LogP contribution in [-0.2, 0) is 4.79 Å². The summed E-state index contributed by atoms with van der Waals surface area (Å²) in [5.74, 6) is 0. The van der Waals surface area contributed by atoms with Gasteiger partial charge in [-0.25, -0.2) is 0 Å². The van der Waals surface area contributed by atoms with Crippen LogP contribution in [0.1, 0.15) is 19.8 Å². The predicted molar refractivity (Wildman–Crippen MR) is 37.0 cm³/mol. The van der Waals surface area contributed by atoms with Gasteiger partial charge in [-0.05, 0) is 13.0 Å². The Hall–Kier alpha value is -0.570. The molecule has 0 aliphatic heterocycles. The molecule has 0 fully saturated rings. The van der Waals surface area contributed by atoms with Crippen molar-refractivity contribution in [2.45, 2.75) is 19.8 Å². The van der Waals surface area contributed by atoms with Crippen LogP contribution in [0.5, 0.6) is 0 Å². The molecule has 0 bridgehead atoms. The first-order valence-corrected chi connectivity index (χ1v) is 3.29. The van der Waals surface area contributed by atoms with E-state index in [0.717, 1.165) is 6.54 Å². The highest BCUT2D eigenvalue weighted by Gasteiger charge is 1.81. The first kappa shape index (κ1) is 8.43. The minimum absolute atomic E-state index is 0.587. The van der Waals surface area contributed by atoms with Crippen molar-refractivity contribution in [2.24, 2.45) is 0 Å². The number of unbranched alkanes of at least 4 members (excludes halogenated alkanes) is 1. The molecule has 3 nitrogen and oxygen atoms in total. The van der Waals surface area contributed by atoms with Gasteiger partial charge in [0.15, 0.2) is 0 Å². The number of rotatable bonds is 6.